The van der Waals surface area contributed by atoms with Crippen molar-refractivity contribution in [3.05, 3.63) is 40.0 Å². The lowest BCUT2D eigenvalue weighted by atomic mass is 10.2. The summed E-state index contributed by atoms with van der Waals surface area (Å²) in [4.78, 5) is 20.5. The molecule has 0 radical (unpaired) electrons. The molecule has 2 aromatic rings. The van der Waals surface area contributed by atoms with E-state index in [0.717, 1.165) is 29.5 Å². The zero-order chi connectivity index (χ0) is 14.4. The predicted molar refractivity (Wildman–Crippen MR) is 81.0 cm³/mol. The maximum atomic E-state index is 12.0. The molecule has 2 heterocycles. The van der Waals surface area contributed by atoms with E-state index in [4.69, 9.17) is 0 Å². The molecule has 0 unspecified atom stereocenters. The van der Waals surface area contributed by atoms with E-state index >= 15 is 0 Å². The van der Waals surface area contributed by atoms with Crippen LogP contribution in [0.15, 0.2) is 23.7 Å². The second-order valence-electron chi connectivity index (χ2n) is 4.42. The lowest BCUT2D eigenvalue weighted by Gasteiger charge is -2.05. The highest BCUT2D eigenvalue weighted by atomic mass is 32.1. The van der Waals surface area contributed by atoms with Crippen LogP contribution in [0.25, 0.3) is 0 Å². The van der Waals surface area contributed by atoms with Gasteiger partial charge in [0.2, 0.25) is 0 Å². The Kier molecular flexibility index (Phi) is 5.06. The lowest BCUT2D eigenvalue weighted by molar-refractivity contribution is 0.0950. The van der Waals surface area contributed by atoms with Crippen LogP contribution in [-0.2, 0) is 6.54 Å². The smallest absolute Gasteiger partial charge is 0.253 e. The average Bonchev–Trinajstić information content (AvgIpc) is 2.89. The van der Waals surface area contributed by atoms with E-state index in [1.54, 1.807) is 23.6 Å². The summed E-state index contributed by atoms with van der Waals surface area (Å²) in [5.41, 5.74) is 1.53. The highest BCUT2D eigenvalue weighted by Gasteiger charge is 2.07. The molecule has 0 aliphatic carbocycles. The molecule has 2 rings (SSSR count). The second kappa shape index (κ2) is 7.00. The molecule has 0 aromatic carbocycles. The van der Waals surface area contributed by atoms with Gasteiger partial charge in [0.25, 0.3) is 5.91 Å². The Morgan fingerprint density at radius 1 is 1.40 bits per heavy atom. The lowest BCUT2D eigenvalue weighted by Crippen LogP contribution is -2.22. The molecule has 0 fully saturated rings. The number of thiazole rings is 1. The fourth-order valence-electron chi connectivity index (χ4n) is 1.63. The summed E-state index contributed by atoms with van der Waals surface area (Å²) in [7, 11) is 0. The number of carbonyl (C=O) groups excluding carboxylic acids is 1. The average molecular weight is 290 g/mol. The molecule has 0 bridgehead atoms. The van der Waals surface area contributed by atoms with Crippen LogP contribution in [0.1, 0.15) is 34.4 Å². The molecule has 2 aromatic heterocycles. The molecule has 0 saturated carbocycles. The molecule has 0 aliphatic rings. The summed E-state index contributed by atoms with van der Waals surface area (Å²) in [6.45, 7) is 5.36. The van der Waals surface area contributed by atoms with Crippen LogP contribution in [0, 0.1) is 6.92 Å². The SMILES string of the molecule is CCCNc1ccc(C(=O)NCc2nc(C)cs2)cn1. The van der Waals surface area contributed by atoms with Crippen molar-refractivity contribution in [2.75, 3.05) is 11.9 Å². The summed E-state index contributed by atoms with van der Waals surface area (Å²) in [5.74, 6) is 0.659. The standard InChI is InChI=1S/C14H18N4OS/c1-3-6-15-12-5-4-11(7-16-12)14(19)17-8-13-18-10(2)9-20-13/h4-5,7,9H,3,6,8H2,1-2H3,(H,15,16)(H,17,19). The molecule has 5 nitrogen and oxygen atoms in total. The van der Waals surface area contributed by atoms with E-state index in [1.807, 2.05) is 18.4 Å². The molecule has 20 heavy (non-hydrogen) atoms. The van der Waals surface area contributed by atoms with Gasteiger partial charge in [0.05, 0.1) is 12.1 Å². The number of pyridine rings is 1. The van der Waals surface area contributed by atoms with E-state index in [9.17, 15) is 4.79 Å². The Morgan fingerprint density at radius 3 is 2.85 bits per heavy atom. The molecule has 1 amide bonds. The van der Waals surface area contributed by atoms with Crippen LogP contribution in [0.3, 0.4) is 0 Å². The minimum absolute atomic E-state index is 0.132. The molecule has 0 aliphatic heterocycles. The van der Waals surface area contributed by atoms with E-state index in [2.05, 4.69) is 27.5 Å². The van der Waals surface area contributed by atoms with Crippen molar-refractivity contribution in [2.24, 2.45) is 0 Å². The van der Waals surface area contributed by atoms with Gasteiger partial charge in [-0.2, -0.15) is 0 Å². The van der Waals surface area contributed by atoms with E-state index in [1.165, 1.54) is 0 Å². The van der Waals surface area contributed by atoms with Gasteiger partial charge >= 0.3 is 0 Å². The Balaban J connectivity index is 1.88. The predicted octanol–water partition coefficient (Wildman–Crippen LogP) is 2.60. The topological polar surface area (TPSA) is 66.9 Å². The van der Waals surface area contributed by atoms with Crippen LogP contribution in [0.4, 0.5) is 5.82 Å². The van der Waals surface area contributed by atoms with Crippen molar-refractivity contribution in [3.8, 4) is 0 Å². The summed E-state index contributed by atoms with van der Waals surface area (Å²) < 4.78 is 0. The maximum Gasteiger partial charge on any atom is 0.253 e. The minimum atomic E-state index is -0.132. The zero-order valence-electron chi connectivity index (χ0n) is 11.6. The summed E-state index contributed by atoms with van der Waals surface area (Å²) in [5, 5.41) is 8.89. The molecule has 0 atom stereocenters. The molecule has 106 valence electrons. The number of rotatable bonds is 6. The molecular formula is C14H18N4OS. The normalized spacial score (nSPS) is 10.3. The molecule has 2 N–H and O–H groups in total. The van der Waals surface area contributed by atoms with Crippen LogP contribution >= 0.6 is 11.3 Å². The van der Waals surface area contributed by atoms with Crippen LogP contribution in [-0.4, -0.2) is 22.4 Å². The van der Waals surface area contributed by atoms with E-state index < -0.39 is 0 Å². The van der Waals surface area contributed by atoms with Crippen LogP contribution in [0.2, 0.25) is 0 Å². The Bertz CT molecular complexity index is 565. The van der Waals surface area contributed by atoms with Crippen LogP contribution in [0.5, 0.6) is 0 Å². The summed E-state index contributed by atoms with van der Waals surface area (Å²) in [6, 6.07) is 3.59. The van der Waals surface area contributed by atoms with Gasteiger partial charge < -0.3 is 10.6 Å². The van der Waals surface area contributed by atoms with E-state index in [0.29, 0.717) is 12.1 Å². The third kappa shape index (κ3) is 4.03. The summed E-state index contributed by atoms with van der Waals surface area (Å²) in [6.07, 6.45) is 2.62. The van der Waals surface area contributed by atoms with Crippen LogP contribution < -0.4 is 10.6 Å². The first-order valence-electron chi connectivity index (χ1n) is 6.58. The number of nitrogens with zero attached hydrogens (tertiary/aromatic N) is 2. The number of aryl methyl sites for hydroxylation is 1. The highest BCUT2D eigenvalue weighted by Crippen LogP contribution is 2.09. The molecular weight excluding hydrogens is 272 g/mol. The first-order valence-corrected chi connectivity index (χ1v) is 7.46. The highest BCUT2D eigenvalue weighted by molar-refractivity contribution is 7.09. The van der Waals surface area contributed by atoms with Crippen molar-refractivity contribution in [1.29, 1.82) is 0 Å². The quantitative estimate of drug-likeness (QED) is 0.858. The third-order valence-electron chi connectivity index (χ3n) is 2.65. The largest absolute Gasteiger partial charge is 0.370 e. The molecule has 0 saturated heterocycles. The monoisotopic (exact) mass is 290 g/mol. The number of carbonyl (C=O) groups is 1. The van der Waals surface area contributed by atoms with E-state index in [-0.39, 0.29) is 5.91 Å². The van der Waals surface area contributed by atoms with Gasteiger partial charge in [-0.15, -0.1) is 11.3 Å². The van der Waals surface area contributed by atoms with Crippen molar-refractivity contribution >= 4 is 23.1 Å². The van der Waals surface area contributed by atoms with Crippen molar-refractivity contribution in [3.63, 3.8) is 0 Å². The van der Waals surface area contributed by atoms with Gasteiger partial charge in [0, 0.05) is 23.8 Å². The summed E-state index contributed by atoms with van der Waals surface area (Å²) >= 11 is 1.55. The number of nitrogens with one attached hydrogen (secondary N) is 2. The van der Waals surface area contributed by atoms with Gasteiger partial charge in [-0.3, -0.25) is 4.79 Å². The van der Waals surface area contributed by atoms with Crippen molar-refractivity contribution in [1.82, 2.24) is 15.3 Å². The number of aromatic nitrogens is 2. The first kappa shape index (κ1) is 14.5. The molecule has 0 spiro atoms. The fourth-order valence-corrected chi connectivity index (χ4v) is 2.34. The number of hydrogen-bond donors (Lipinski definition) is 2. The second-order valence-corrected chi connectivity index (χ2v) is 5.37. The fraction of sp³-hybridized carbons (Fsp3) is 0.357. The van der Waals surface area contributed by atoms with Gasteiger partial charge in [0.1, 0.15) is 10.8 Å². The van der Waals surface area contributed by atoms with Gasteiger partial charge in [0.15, 0.2) is 0 Å². The zero-order valence-corrected chi connectivity index (χ0v) is 12.5. The number of hydrogen-bond acceptors (Lipinski definition) is 5. The molecule has 6 heteroatoms. The first-order chi connectivity index (χ1) is 9.69. The van der Waals surface area contributed by atoms with Crippen molar-refractivity contribution < 1.29 is 4.79 Å². The Morgan fingerprint density at radius 2 is 2.25 bits per heavy atom. The number of amides is 1. The maximum absolute atomic E-state index is 12.0. The third-order valence-corrected chi connectivity index (χ3v) is 3.62. The van der Waals surface area contributed by atoms with Gasteiger partial charge in [-0.1, -0.05) is 6.92 Å². The number of anilines is 1. The van der Waals surface area contributed by atoms with Gasteiger partial charge in [-0.05, 0) is 25.5 Å². The minimum Gasteiger partial charge on any atom is -0.370 e. The van der Waals surface area contributed by atoms with Crippen molar-refractivity contribution in [2.45, 2.75) is 26.8 Å². The van der Waals surface area contributed by atoms with Gasteiger partial charge in [-0.25, -0.2) is 9.97 Å². The Labute approximate surface area is 122 Å². The Hall–Kier alpha value is -1.95.